The average molecular weight is 265 g/mol. The van der Waals surface area contributed by atoms with Crippen LogP contribution in [-0.2, 0) is 16.6 Å². The van der Waals surface area contributed by atoms with Crippen LogP contribution in [0.3, 0.4) is 0 Å². The first kappa shape index (κ1) is 13.7. The molecule has 2 amide bonds. The quantitative estimate of drug-likeness (QED) is 0.775. The molecular formula is C12H19N5O2. The molecule has 2 heterocycles. The van der Waals surface area contributed by atoms with Crippen molar-refractivity contribution in [1.29, 1.82) is 0 Å². The number of carbonyl (C=O) groups is 2. The highest BCUT2D eigenvalue weighted by Crippen LogP contribution is 2.19. The molecule has 1 saturated heterocycles. The molecule has 1 N–H and O–H groups in total. The summed E-state index contributed by atoms with van der Waals surface area (Å²) in [5.41, 5.74) is 0. The van der Waals surface area contributed by atoms with Gasteiger partial charge in [-0.05, 0) is 20.8 Å². The third-order valence-electron chi connectivity index (χ3n) is 3.28. The van der Waals surface area contributed by atoms with E-state index in [1.807, 2.05) is 27.8 Å². The first-order valence-electron chi connectivity index (χ1n) is 6.37. The lowest BCUT2D eigenvalue weighted by atomic mass is 10.2. The standard InChI is InChI=1S/C12H19N5O2/c1-7(2)17-10(18)5-9(12(17)19)14-8(3)11-15-13-6-16(11)4/h6-9,14H,5H2,1-4H3. The molecule has 2 rings (SSSR count). The number of aromatic nitrogens is 3. The van der Waals surface area contributed by atoms with Crippen LogP contribution in [-0.4, -0.2) is 43.6 Å². The van der Waals surface area contributed by atoms with E-state index in [2.05, 4.69) is 15.5 Å². The molecular weight excluding hydrogens is 246 g/mol. The SMILES string of the molecule is CC(NC1CC(=O)N(C(C)C)C1=O)c1nncn1C. The molecule has 0 bridgehead atoms. The van der Waals surface area contributed by atoms with E-state index < -0.39 is 6.04 Å². The van der Waals surface area contributed by atoms with Gasteiger partial charge in [0.25, 0.3) is 0 Å². The average Bonchev–Trinajstić information content (AvgIpc) is 2.84. The number of carbonyl (C=O) groups excluding carboxylic acids is 2. The Morgan fingerprint density at radius 1 is 1.37 bits per heavy atom. The summed E-state index contributed by atoms with van der Waals surface area (Å²) in [6.07, 6.45) is 1.81. The van der Waals surface area contributed by atoms with Gasteiger partial charge in [0.2, 0.25) is 11.8 Å². The van der Waals surface area contributed by atoms with Gasteiger partial charge in [0, 0.05) is 13.1 Å². The number of hydrogen-bond donors (Lipinski definition) is 1. The van der Waals surface area contributed by atoms with Crippen LogP contribution in [0.1, 0.15) is 39.1 Å². The lowest BCUT2D eigenvalue weighted by molar-refractivity contribution is -0.140. The van der Waals surface area contributed by atoms with Gasteiger partial charge in [-0.15, -0.1) is 10.2 Å². The third-order valence-corrected chi connectivity index (χ3v) is 3.28. The zero-order chi connectivity index (χ0) is 14.2. The van der Waals surface area contributed by atoms with E-state index in [1.165, 1.54) is 4.90 Å². The monoisotopic (exact) mass is 265 g/mol. The zero-order valence-electron chi connectivity index (χ0n) is 11.6. The minimum absolute atomic E-state index is 0.100. The minimum atomic E-state index is -0.471. The van der Waals surface area contributed by atoms with Crippen molar-refractivity contribution in [3.05, 3.63) is 12.2 Å². The molecule has 7 heteroatoms. The number of nitrogens with one attached hydrogen (secondary N) is 1. The number of imide groups is 1. The molecule has 7 nitrogen and oxygen atoms in total. The number of rotatable bonds is 4. The molecule has 2 unspecified atom stereocenters. The van der Waals surface area contributed by atoms with Crippen molar-refractivity contribution in [3.8, 4) is 0 Å². The normalized spacial score (nSPS) is 21.5. The van der Waals surface area contributed by atoms with Crippen LogP contribution in [0, 0.1) is 0 Å². The number of likely N-dealkylation sites (tertiary alicyclic amines) is 1. The maximum atomic E-state index is 12.1. The predicted molar refractivity (Wildman–Crippen MR) is 67.9 cm³/mol. The maximum Gasteiger partial charge on any atom is 0.247 e. The first-order valence-corrected chi connectivity index (χ1v) is 6.37. The predicted octanol–water partition coefficient (Wildman–Crippen LogP) is 0.00160. The van der Waals surface area contributed by atoms with Crippen molar-refractivity contribution in [2.45, 2.75) is 45.3 Å². The lowest BCUT2D eigenvalue weighted by Gasteiger charge is -2.20. The molecule has 0 saturated carbocycles. The molecule has 2 atom stereocenters. The summed E-state index contributed by atoms with van der Waals surface area (Å²) in [5.74, 6) is 0.458. The highest BCUT2D eigenvalue weighted by atomic mass is 16.2. The van der Waals surface area contributed by atoms with Crippen molar-refractivity contribution in [1.82, 2.24) is 25.0 Å². The Balaban J connectivity index is 2.07. The van der Waals surface area contributed by atoms with Crippen molar-refractivity contribution in [2.24, 2.45) is 7.05 Å². The molecule has 0 radical (unpaired) electrons. The van der Waals surface area contributed by atoms with E-state index in [-0.39, 0.29) is 30.3 Å². The van der Waals surface area contributed by atoms with Gasteiger partial charge >= 0.3 is 0 Å². The number of nitrogens with zero attached hydrogens (tertiary/aromatic N) is 4. The van der Waals surface area contributed by atoms with Gasteiger partial charge in [-0.3, -0.25) is 19.8 Å². The van der Waals surface area contributed by atoms with E-state index in [0.717, 1.165) is 5.82 Å². The molecule has 104 valence electrons. The summed E-state index contributed by atoms with van der Waals surface area (Å²) in [6.45, 7) is 5.58. The van der Waals surface area contributed by atoms with Gasteiger partial charge in [-0.1, -0.05) is 0 Å². The molecule has 1 aliphatic rings. The van der Waals surface area contributed by atoms with Crippen molar-refractivity contribution >= 4 is 11.8 Å². The Bertz CT molecular complexity index is 496. The Hall–Kier alpha value is -1.76. The molecule has 1 aromatic heterocycles. The van der Waals surface area contributed by atoms with E-state index in [4.69, 9.17) is 0 Å². The number of amides is 2. The molecule has 19 heavy (non-hydrogen) atoms. The molecule has 1 aliphatic heterocycles. The van der Waals surface area contributed by atoms with Crippen LogP contribution in [0.15, 0.2) is 6.33 Å². The van der Waals surface area contributed by atoms with Crippen LogP contribution in [0.25, 0.3) is 0 Å². The number of hydrogen-bond acceptors (Lipinski definition) is 5. The summed E-state index contributed by atoms with van der Waals surface area (Å²) in [7, 11) is 1.84. The summed E-state index contributed by atoms with van der Waals surface area (Å²) < 4.78 is 1.79. The fourth-order valence-electron chi connectivity index (χ4n) is 2.38. The van der Waals surface area contributed by atoms with Crippen molar-refractivity contribution in [3.63, 3.8) is 0 Å². The summed E-state index contributed by atoms with van der Waals surface area (Å²) in [6, 6.07) is -0.708. The van der Waals surface area contributed by atoms with Gasteiger partial charge < -0.3 is 4.57 Å². The number of aryl methyl sites for hydroxylation is 1. The van der Waals surface area contributed by atoms with Gasteiger partial charge in [-0.25, -0.2) is 0 Å². The van der Waals surface area contributed by atoms with Crippen LogP contribution < -0.4 is 5.32 Å². The highest BCUT2D eigenvalue weighted by molar-refractivity contribution is 6.05. The first-order chi connectivity index (χ1) is 8.91. The highest BCUT2D eigenvalue weighted by Gasteiger charge is 2.40. The van der Waals surface area contributed by atoms with E-state index >= 15 is 0 Å². The Labute approximate surface area is 112 Å². The van der Waals surface area contributed by atoms with Crippen LogP contribution in [0.2, 0.25) is 0 Å². The lowest BCUT2D eigenvalue weighted by Crippen LogP contribution is -2.42. The fourth-order valence-corrected chi connectivity index (χ4v) is 2.38. The topological polar surface area (TPSA) is 80.1 Å². The summed E-state index contributed by atoms with van der Waals surface area (Å²) >= 11 is 0. The Morgan fingerprint density at radius 3 is 2.53 bits per heavy atom. The van der Waals surface area contributed by atoms with Crippen LogP contribution in [0.5, 0.6) is 0 Å². The molecule has 0 spiro atoms. The second-order valence-electron chi connectivity index (χ2n) is 5.14. The van der Waals surface area contributed by atoms with E-state index in [9.17, 15) is 9.59 Å². The third kappa shape index (κ3) is 2.51. The molecule has 1 aromatic rings. The fraction of sp³-hybridized carbons (Fsp3) is 0.667. The molecule has 0 aliphatic carbocycles. The van der Waals surface area contributed by atoms with Gasteiger partial charge in [-0.2, -0.15) is 0 Å². The van der Waals surface area contributed by atoms with E-state index in [0.29, 0.717) is 0 Å². The Kier molecular flexibility index (Phi) is 3.66. The van der Waals surface area contributed by atoms with Crippen molar-refractivity contribution < 1.29 is 9.59 Å². The summed E-state index contributed by atoms with van der Waals surface area (Å²) in [4.78, 5) is 25.3. The van der Waals surface area contributed by atoms with Gasteiger partial charge in [0.15, 0.2) is 0 Å². The zero-order valence-corrected chi connectivity index (χ0v) is 11.6. The summed E-state index contributed by atoms with van der Waals surface area (Å²) in [5, 5.41) is 11.0. The molecule has 0 aromatic carbocycles. The second-order valence-corrected chi connectivity index (χ2v) is 5.14. The van der Waals surface area contributed by atoms with E-state index in [1.54, 1.807) is 10.9 Å². The van der Waals surface area contributed by atoms with Crippen molar-refractivity contribution in [2.75, 3.05) is 0 Å². The largest absolute Gasteiger partial charge is 0.319 e. The van der Waals surface area contributed by atoms with Crippen LogP contribution in [0.4, 0.5) is 0 Å². The van der Waals surface area contributed by atoms with Gasteiger partial charge in [0.05, 0.1) is 18.5 Å². The van der Waals surface area contributed by atoms with Crippen LogP contribution >= 0.6 is 0 Å². The Morgan fingerprint density at radius 2 is 2.05 bits per heavy atom. The molecule has 1 fully saturated rings. The smallest absolute Gasteiger partial charge is 0.247 e. The minimum Gasteiger partial charge on any atom is -0.319 e. The second kappa shape index (κ2) is 5.08. The van der Waals surface area contributed by atoms with Gasteiger partial charge in [0.1, 0.15) is 12.2 Å². The maximum absolute atomic E-state index is 12.1.